The second-order valence-corrected chi connectivity index (χ2v) is 5.60. The first-order chi connectivity index (χ1) is 12.6. The molecule has 0 unspecified atom stereocenters. The van der Waals surface area contributed by atoms with E-state index in [-0.39, 0.29) is 22.9 Å². The number of benzene rings is 1. The van der Waals surface area contributed by atoms with E-state index in [9.17, 15) is 19.2 Å². The molecule has 0 radical (unpaired) electrons. The molecular formula is C18H16N2O6. The molecule has 1 aromatic heterocycles. The summed E-state index contributed by atoms with van der Waals surface area (Å²) >= 11 is 0. The minimum Gasteiger partial charge on any atom is -0.459 e. The second kappa shape index (κ2) is 7.64. The maximum absolute atomic E-state index is 12.3. The van der Waals surface area contributed by atoms with E-state index >= 15 is 0 Å². The van der Waals surface area contributed by atoms with Crippen LogP contribution in [0.4, 0.5) is 5.69 Å². The maximum Gasteiger partial charge on any atom is 0.340 e. The molecule has 0 bridgehead atoms. The molecule has 1 fully saturated rings. The molecule has 1 aliphatic rings. The van der Waals surface area contributed by atoms with E-state index in [4.69, 9.17) is 9.15 Å². The van der Waals surface area contributed by atoms with Crippen molar-refractivity contribution in [2.45, 2.75) is 12.8 Å². The average molecular weight is 356 g/mol. The summed E-state index contributed by atoms with van der Waals surface area (Å²) in [5.41, 5.74) is 0.316. The van der Waals surface area contributed by atoms with Crippen LogP contribution in [0, 0.1) is 0 Å². The number of ether oxygens (including phenoxy) is 1. The Balaban J connectivity index is 1.65. The monoisotopic (exact) mass is 356 g/mol. The molecular weight excluding hydrogens is 340 g/mol. The third-order valence-corrected chi connectivity index (χ3v) is 3.84. The summed E-state index contributed by atoms with van der Waals surface area (Å²) < 4.78 is 10.0. The molecule has 1 saturated heterocycles. The molecule has 0 saturated carbocycles. The van der Waals surface area contributed by atoms with E-state index in [0.29, 0.717) is 19.4 Å². The van der Waals surface area contributed by atoms with Crippen molar-refractivity contribution >= 4 is 29.4 Å². The highest BCUT2D eigenvalue weighted by Gasteiger charge is 2.27. The van der Waals surface area contributed by atoms with Gasteiger partial charge in [-0.3, -0.25) is 19.3 Å². The summed E-state index contributed by atoms with van der Waals surface area (Å²) in [5.74, 6) is -2.03. The van der Waals surface area contributed by atoms with Crippen molar-refractivity contribution in [3.63, 3.8) is 0 Å². The maximum atomic E-state index is 12.3. The number of esters is 1. The van der Waals surface area contributed by atoms with Crippen LogP contribution in [0.3, 0.4) is 0 Å². The number of furan rings is 1. The highest BCUT2D eigenvalue weighted by atomic mass is 16.5. The average Bonchev–Trinajstić information content (AvgIpc) is 3.31. The lowest BCUT2D eigenvalue weighted by atomic mass is 10.1. The van der Waals surface area contributed by atoms with Gasteiger partial charge in [0.2, 0.25) is 5.91 Å². The van der Waals surface area contributed by atoms with Crippen molar-refractivity contribution in [1.82, 2.24) is 4.90 Å². The van der Waals surface area contributed by atoms with E-state index in [1.54, 1.807) is 18.2 Å². The number of nitrogens with zero attached hydrogens (tertiary/aromatic N) is 1. The van der Waals surface area contributed by atoms with Crippen LogP contribution in [-0.4, -0.2) is 41.7 Å². The number of likely N-dealkylation sites (tertiary alicyclic amines) is 1. The molecule has 1 N–H and O–H groups in total. The predicted octanol–water partition coefficient (Wildman–Crippen LogP) is 1.84. The Bertz CT molecular complexity index is 843. The first-order valence-corrected chi connectivity index (χ1v) is 8.00. The number of nitrogens with one attached hydrogen (secondary N) is 1. The molecule has 8 nitrogen and oxygen atoms in total. The third kappa shape index (κ3) is 3.80. The molecule has 26 heavy (non-hydrogen) atoms. The number of anilines is 1. The van der Waals surface area contributed by atoms with Crippen LogP contribution >= 0.6 is 0 Å². The van der Waals surface area contributed by atoms with Gasteiger partial charge < -0.3 is 14.5 Å². The molecule has 1 aliphatic heterocycles. The van der Waals surface area contributed by atoms with E-state index in [2.05, 4.69) is 5.32 Å². The van der Waals surface area contributed by atoms with Gasteiger partial charge in [0.05, 0.1) is 17.5 Å². The summed E-state index contributed by atoms with van der Waals surface area (Å²) in [5, 5.41) is 2.56. The lowest BCUT2D eigenvalue weighted by Crippen LogP contribution is -2.35. The molecule has 0 aliphatic carbocycles. The lowest BCUT2D eigenvalue weighted by molar-refractivity contribution is -0.143. The number of carbonyl (C=O) groups is 4. The highest BCUT2D eigenvalue weighted by Crippen LogP contribution is 2.18. The van der Waals surface area contributed by atoms with Crippen molar-refractivity contribution in [3.8, 4) is 0 Å². The minimum absolute atomic E-state index is 0.0907. The van der Waals surface area contributed by atoms with Crippen LogP contribution in [0.2, 0.25) is 0 Å². The molecule has 0 atom stereocenters. The SMILES string of the molecule is O=C(Nc1ccccc1C(=O)OCC(=O)N1CCCC1=O)c1ccco1. The minimum atomic E-state index is -0.777. The molecule has 3 amide bonds. The third-order valence-electron chi connectivity index (χ3n) is 3.84. The van der Waals surface area contributed by atoms with Crippen molar-refractivity contribution in [2.75, 3.05) is 18.5 Å². The molecule has 134 valence electrons. The number of hydrogen-bond acceptors (Lipinski definition) is 6. The number of rotatable bonds is 5. The summed E-state index contributed by atoms with van der Waals surface area (Å²) in [4.78, 5) is 48.9. The quantitative estimate of drug-likeness (QED) is 0.820. The standard InChI is InChI=1S/C18H16N2O6/c21-15-8-3-9-20(15)16(22)11-26-18(24)12-5-1-2-6-13(12)19-17(23)14-7-4-10-25-14/h1-2,4-7,10H,3,8-9,11H2,(H,19,23). The van der Waals surface area contributed by atoms with Gasteiger partial charge in [-0.15, -0.1) is 0 Å². The van der Waals surface area contributed by atoms with Crippen LogP contribution in [0.5, 0.6) is 0 Å². The Labute approximate surface area is 148 Å². The van der Waals surface area contributed by atoms with Gasteiger partial charge in [-0.2, -0.15) is 0 Å². The number of para-hydroxylation sites is 1. The first-order valence-electron chi connectivity index (χ1n) is 8.00. The van der Waals surface area contributed by atoms with Crippen molar-refractivity contribution in [1.29, 1.82) is 0 Å². The Kier molecular flexibility index (Phi) is 5.12. The topological polar surface area (TPSA) is 106 Å². The van der Waals surface area contributed by atoms with E-state index < -0.39 is 24.4 Å². The fourth-order valence-electron chi connectivity index (χ4n) is 2.56. The second-order valence-electron chi connectivity index (χ2n) is 5.60. The van der Waals surface area contributed by atoms with Gasteiger partial charge in [0, 0.05) is 13.0 Å². The fourth-order valence-corrected chi connectivity index (χ4v) is 2.56. The van der Waals surface area contributed by atoms with Crippen LogP contribution in [0.15, 0.2) is 47.1 Å². The van der Waals surface area contributed by atoms with Crippen LogP contribution in [0.25, 0.3) is 0 Å². The van der Waals surface area contributed by atoms with Crippen LogP contribution < -0.4 is 5.32 Å². The summed E-state index contributed by atoms with van der Waals surface area (Å²) in [6.45, 7) is -0.198. The van der Waals surface area contributed by atoms with Gasteiger partial charge in [-0.05, 0) is 30.7 Å². The smallest absolute Gasteiger partial charge is 0.340 e. The summed E-state index contributed by atoms with van der Waals surface area (Å²) in [7, 11) is 0. The van der Waals surface area contributed by atoms with Crippen molar-refractivity contribution in [2.24, 2.45) is 0 Å². The van der Waals surface area contributed by atoms with E-state index in [0.717, 1.165) is 4.90 Å². The predicted molar refractivity (Wildman–Crippen MR) is 89.3 cm³/mol. The zero-order valence-electron chi connectivity index (χ0n) is 13.8. The zero-order valence-corrected chi connectivity index (χ0v) is 13.8. The number of imide groups is 1. The Morgan fingerprint density at radius 2 is 1.96 bits per heavy atom. The number of carbonyl (C=O) groups excluding carboxylic acids is 4. The van der Waals surface area contributed by atoms with Gasteiger partial charge in [-0.1, -0.05) is 12.1 Å². The zero-order chi connectivity index (χ0) is 18.5. The van der Waals surface area contributed by atoms with E-state index in [1.807, 2.05) is 0 Å². The fraction of sp³-hybridized carbons (Fsp3) is 0.222. The van der Waals surface area contributed by atoms with Crippen LogP contribution in [-0.2, 0) is 14.3 Å². The molecule has 2 aromatic rings. The van der Waals surface area contributed by atoms with E-state index in [1.165, 1.54) is 24.5 Å². The molecule has 0 spiro atoms. The number of hydrogen-bond donors (Lipinski definition) is 1. The molecule has 8 heteroatoms. The Morgan fingerprint density at radius 1 is 1.15 bits per heavy atom. The van der Waals surface area contributed by atoms with Gasteiger partial charge in [-0.25, -0.2) is 4.79 Å². The Hall–Kier alpha value is -3.42. The highest BCUT2D eigenvalue weighted by molar-refractivity contribution is 6.07. The molecule has 3 rings (SSSR count). The van der Waals surface area contributed by atoms with Gasteiger partial charge >= 0.3 is 5.97 Å². The summed E-state index contributed by atoms with van der Waals surface area (Å²) in [6, 6.07) is 9.30. The molecule has 1 aromatic carbocycles. The van der Waals surface area contributed by atoms with Crippen molar-refractivity contribution < 1.29 is 28.3 Å². The van der Waals surface area contributed by atoms with Crippen molar-refractivity contribution in [3.05, 3.63) is 54.0 Å². The largest absolute Gasteiger partial charge is 0.459 e. The first kappa shape index (κ1) is 17.4. The van der Waals surface area contributed by atoms with Gasteiger partial charge in [0.25, 0.3) is 11.8 Å². The van der Waals surface area contributed by atoms with Crippen LogP contribution in [0.1, 0.15) is 33.8 Å². The molecule has 2 heterocycles. The number of amides is 3. The lowest BCUT2D eigenvalue weighted by Gasteiger charge is -2.14. The normalized spacial score (nSPS) is 13.5. The van der Waals surface area contributed by atoms with Gasteiger partial charge in [0.1, 0.15) is 0 Å². The Morgan fingerprint density at radius 3 is 2.65 bits per heavy atom. The van der Waals surface area contributed by atoms with Gasteiger partial charge in [0.15, 0.2) is 12.4 Å². The summed E-state index contributed by atoms with van der Waals surface area (Å²) in [6.07, 6.45) is 2.29.